The van der Waals surface area contributed by atoms with Gasteiger partial charge in [0.2, 0.25) is 0 Å². The molecule has 0 amide bonds. The van der Waals surface area contributed by atoms with E-state index >= 15 is 0 Å². The lowest BCUT2D eigenvalue weighted by Gasteiger charge is -2.15. The minimum atomic E-state index is 0.925. The third-order valence-corrected chi connectivity index (χ3v) is 4.08. The molecule has 3 rings (SSSR count). The molecule has 0 atom stereocenters. The summed E-state index contributed by atoms with van der Waals surface area (Å²) < 4.78 is 7.64. The number of nitrogens with one attached hydrogen (secondary N) is 1. The van der Waals surface area contributed by atoms with Crippen molar-refractivity contribution in [2.45, 2.75) is 13.3 Å². The number of hydrogen-bond donors (Lipinski definition) is 1. The van der Waals surface area contributed by atoms with Crippen LogP contribution in [-0.4, -0.2) is 24.8 Å². The second-order valence-electron chi connectivity index (χ2n) is 5.09. The zero-order valence-electron chi connectivity index (χ0n) is 11.8. The number of aromatic nitrogens is 1. The van der Waals surface area contributed by atoms with Gasteiger partial charge in [-0.1, -0.05) is 6.08 Å². The molecular weight excluding hydrogens is 236 g/mol. The topological polar surface area (TPSA) is 26.2 Å². The van der Waals surface area contributed by atoms with Crippen LogP contribution in [0.4, 0.5) is 0 Å². The van der Waals surface area contributed by atoms with E-state index < -0.39 is 0 Å². The van der Waals surface area contributed by atoms with E-state index in [0.29, 0.717) is 0 Å². The molecule has 1 aromatic carbocycles. The van der Waals surface area contributed by atoms with E-state index in [0.717, 1.165) is 25.3 Å². The normalized spacial score (nSPS) is 15.6. The number of benzene rings is 1. The number of hydrogen-bond acceptors (Lipinski definition) is 2. The van der Waals surface area contributed by atoms with Gasteiger partial charge >= 0.3 is 0 Å². The molecule has 1 N–H and O–H groups in total. The molecule has 1 aliphatic heterocycles. The summed E-state index contributed by atoms with van der Waals surface area (Å²) in [6.07, 6.45) is 3.40. The summed E-state index contributed by atoms with van der Waals surface area (Å²) in [4.78, 5) is 0. The van der Waals surface area contributed by atoms with Gasteiger partial charge in [0.05, 0.1) is 7.11 Å². The number of fused-ring (bicyclic) bond motifs is 1. The summed E-state index contributed by atoms with van der Waals surface area (Å²) in [6.45, 7) is 4.23. The zero-order valence-corrected chi connectivity index (χ0v) is 11.8. The van der Waals surface area contributed by atoms with E-state index in [9.17, 15) is 0 Å². The molecule has 2 aromatic rings. The molecular formula is C16H20N2O. The van der Waals surface area contributed by atoms with E-state index in [1.165, 1.54) is 27.7 Å². The molecule has 1 aromatic heterocycles. The van der Waals surface area contributed by atoms with Crippen LogP contribution in [0.1, 0.15) is 17.7 Å². The Labute approximate surface area is 113 Å². The highest BCUT2D eigenvalue weighted by molar-refractivity contribution is 5.95. The maximum atomic E-state index is 5.37. The Kier molecular flexibility index (Phi) is 3.07. The molecule has 0 aliphatic carbocycles. The fraction of sp³-hybridized carbons (Fsp3) is 0.375. The van der Waals surface area contributed by atoms with Crippen LogP contribution in [0.15, 0.2) is 24.3 Å². The molecule has 1 aliphatic rings. The fourth-order valence-electron chi connectivity index (χ4n) is 2.93. The zero-order chi connectivity index (χ0) is 13.4. The van der Waals surface area contributed by atoms with E-state index in [4.69, 9.17) is 4.74 Å². The standard InChI is InChI=1S/C16H20N2O/c1-11-16(12-6-8-17-9-7-12)14-10-13(19-3)4-5-15(14)18(11)2/h4-6,10,17H,7-9H2,1-3H3. The van der Waals surface area contributed by atoms with Crippen molar-refractivity contribution in [3.05, 3.63) is 35.5 Å². The Morgan fingerprint density at radius 2 is 2.16 bits per heavy atom. The number of ether oxygens (including phenoxy) is 1. The number of nitrogens with zero attached hydrogens (tertiary/aromatic N) is 1. The average Bonchev–Trinajstić information content (AvgIpc) is 2.71. The molecule has 3 nitrogen and oxygen atoms in total. The Morgan fingerprint density at radius 3 is 2.84 bits per heavy atom. The molecule has 0 saturated heterocycles. The number of aryl methyl sites for hydroxylation is 1. The van der Waals surface area contributed by atoms with Gasteiger partial charge in [-0.05, 0) is 43.7 Å². The molecule has 0 spiro atoms. The van der Waals surface area contributed by atoms with Crippen LogP contribution < -0.4 is 10.1 Å². The van der Waals surface area contributed by atoms with E-state index in [1.807, 2.05) is 6.07 Å². The second-order valence-corrected chi connectivity index (χ2v) is 5.09. The third kappa shape index (κ3) is 1.94. The highest BCUT2D eigenvalue weighted by Crippen LogP contribution is 2.34. The summed E-state index contributed by atoms with van der Waals surface area (Å²) in [5.74, 6) is 0.925. The quantitative estimate of drug-likeness (QED) is 0.894. The highest BCUT2D eigenvalue weighted by atomic mass is 16.5. The van der Waals surface area contributed by atoms with Crippen molar-refractivity contribution in [2.75, 3.05) is 20.2 Å². The third-order valence-electron chi connectivity index (χ3n) is 4.08. The summed E-state index contributed by atoms with van der Waals surface area (Å²) in [5, 5.41) is 4.67. The lowest BCUT2D eigenvalue weighted by Crippen LogP contribution is -2.20. The monoisotopic (exact) mass is 256 g/mol. The van der Waals surface area contributed by atoms with Gasteiger partial charge in [-0.25, -0.2) is 0 Å². The molecule has 0 unspecified atom stereocenters. The van der Waals surface area contributed by atoms with Gasteiger partial charge in [-0.2, -0.15) is 0 Å². The van der Waals surface area contributed by atoms with E-state index in [-0.39, 0.29) is 0 Å². The van der Waals surface area contributed by atoms with E-state index in [2.05, 4.69) is 42.1 Å². The van der Waals surface area contributed by atoms with Crippen LogP contribution in [-0.2, 0) is 7.05 Å². The van der Waals surface area contributed by atoms with Crippen LogP contribution in [0.25, 0.3) is 16.5 Å². The first-order valence-electron chi connectivity index (χ1n) is 6.75. The predicted molar refractivity (Wildman–Crippen MR) is 79.7 cm³/mol. The minimum absolute atomic E-state index is 0.925. The van der Waals surface area contributed by atoms with Crippen molar-refractivity contribution in [3.63, 3.8) is 0 Å². The van der Waals surface area contributed by atoms with Crippen LogP contribution in [0, 0.1) is 6.92 Å². The Morgan fingerprint density at radius 1 is 1.32 bits per heavy atom. The van der Waals surface area contributed by atoms with Gasteiger partial charge in [0.1, 0.15) is 5.75 Å². The van der Waals surface area contributed by atoms with Gasteiger partial charge in [0, 0.05) is 35.8 Å². The predicted octanol–water partition coefficient (Wildman–Crippen LogP) is 2.87. The molecule has 0 saturated carbocycles. The van der Waals surface area contributed by atoms with Gasteiger partial charge in [-0.15, -0.1) is 0 Å². The highest BCUT2D eigenvalue weighted by Gasteiger charge is 2.17. The van der Waals surface area contributed by atoms with E-state index in [1.54, 1.807) is 7.11 Å². The summed E-state index contributed by atoms with van der Waals surface area (Å²) in [6, 6.07) is 6.33. The van der Waals surface area contributed by atoms with Crippen molar-refractivity contribution < 1.29 is 4.74 Å². The SMILES string of the molecule is COc1ccc2c(c1)c(C1=CCNCC1)c(C)n2C. The van der Waals surface area contributed by atoms with Crippen molar-refractivity contribution in [3.8, 4) is 5.75 Å². The van der Waals surface area contributed by atoms with Gasteiger partial charge in [0.25, 0.3) is 0 Å². The van der Waals surface area contributed by atoms with Crippen LogP contribution in [0.2, 0.25) is 0 Å². The Hall–Kier alpha value is -1.74. The molecule has 19 heavy (non-hydrogen) atoms. The Bertz CT molecular complexity index is 652. The summed E-state index contributed by atoms with van der Waals surface area (Å²) in [7, 11) is 3.86. The minimum Gasteiger partial charge on any atom is -0.497 e. The van der Waals surface area contributed by atoms with Crippen molar-refractivity contribution in [1.29, 1.82) is 0 Å². The van der Waals surface area contributed by atoms with Crippen LogP contribution >= 0.6 is 0 Å². The van der Waals surface area contributed by atoms with Crippen molar-refractivity contribution >= 4 is 16.5 Å². The van der Waals surface area contributed by atoms with Gasteiger partial charge in [0.15, 0.2) is 0 Å². The van der Waals surface area contributed by atoms with Gasteiger partial charge < -0.3 is 14.6 Å². The van der Waals surface area contributed by atoms with Crippen molar-refractivity contribution in [1.82, 2.24) is 9.88 Å². The summed E-state index contributed by atoms with van der Waals surface area (Å²) in [5.41, 5.74) is 5.44. The molecule has 0 radical (unpaired) electrons. The first-order chi connectivity index (χ1) is 9.22. The maximum Gasteiger partial charge on any atom is 0.119 e. The van der Waals surface area contributed by atoms with Crippen LogP contribution in [0.3, 0.4) is 0 Å². The second kappa shape index (κ2) is 4.74. The molecule has 0 fully saturated rings. The largest absolute Gasteiger partial charge is 0.497 e. The lowest BCUT2D eigenvalue weighted by atomic mass is 9.97. The van der Waals surface area contributed by atoms with Crippen LogP contribution in [0.5, 0.6) is 5.75 Å². The maximum absolute atomic E-state index is 5.37. The molecule has 0 bridgehead atoms. The van der Waals surface area contributed by atoms with Gasteiger partial charge in [-0.3, -0.25) is 0 Å². The molecule has 100 valence electrons. The number of methoxy groups -OCH3 is 1. The average molecular weight is 256 g/mol. The lowest BCUT2D eigenvalue weighted by molar-refractivity contribution is 0.415. The van der Waals surface area contributed by atoms with Crippen molar-refractivity contribution in [2.24, 2.45) is 7.05 Å². The Balaban J connectivity index is 2.27. The number of rotatable bonds is 2. The molecule has 3 heteroatoms. The fourth-order valence-corrected chi connectivity index (χ4v) is 2.93. The summed E-state index contributed by atoms with van der Waals surface area (Å²) >= 11 is 0. The molecule has 2 heterocycles. The smallest absolute Gasteiger partial charge is 0.119 e. The first-order valence-corrected chi connectivity index (χ1v) is 6.75. The first kappa shape index (κ1) is 12.3.